The van der Waals surface area contributed by atoms with Gasteiger partial charge in [0.2, 0.25) is 0 Å². The number of hydrogen-bond acceptors (Lipinski definition) is 12. The minimum absolute atomic E-state index is 0. The van der Waals surface area contributed by atoms with Gasteiger partial charge < -0.3 is 20.4 Å². The van der Waals surface area contributed by atoms with Crippen molar-refractivity contribution in [2.45, 2.75) is 109 Å². The molecule has 0 saturated heterocycles. The number of carbonyl (C=O) groups excluding carboxylic acids is 8. The molecule has 300 valence electrons. The van der Waals surface area contributed by atoms with Gasteiger partial charge in [0.1, 0.15) is 46.8 Å². The standard InChI is InChI=1S/4C9H14O4.Ti/c4*1-5(2)7(10)4-8(11)6(3)9(12)13;/h4*5-6H,4H2,1-3H3,(H,12,13);. The molecular weight excluding hydrogens is 736 g/mol. The molecule has 16 nitrogen and oxygen atoms in total. The number of ketones is 8. The van der Waals surface area contributed by atoms with Crippen LogP contribution in [0.1, 0.15) is 109 Å². The molecule has 53 heavy (non-hydrogen) atoms. The van der Waals surface area contributed by atoms with Crippen molar-refractivity contribution >= 4 is 70.1 Å². The van der Waals surface area contributed by atoms with Crippen LogP contribution in [-0.4, -0.2) is 90.6 Å². The Morgan fingerprint density at radius 2 is 0.396 bits per heavy atom. The Morgan fingerprint density at radius 1 is 0.283 bits per heavy atom. The van der Waals surface area contributed by atoms with Gasteiger partial charge in [0, 0.05) is 45.4 Å². The molecule has 0 spiro atoms. The number of aliphatic carboxylic acids is 4. The van der Waals surface area contributed by atoms with Gasteiger partial charge >= 0.3 is 23.9 Å². The van der Waals surface area contributed by atoms with E-state index in [1.54, 1.807) is 55.4 Å². The number of carboxylic acid groups (broad SMARTS) is 4. The van der Waals surface area contributed by atoms with E-state index < -0.39 is 70.7 Å². The van der Waals surface area contributed by atoms with E-state index in [-0.39, 0.29) is 94.2 Å². The second-order valence-electron chi connectivity index (χ2n) is 13.3. The quantitative estimate of drug-likeness (QED) is 0.101. The van der Waals surface area contributed by atoms with Crippen LogP contribution in [0.25, 0.3) is 0 Å². The molecule has 0 amide bonds. The van der Waals surface area contributed by atoms with E-state index in [4.69, 9.17) is 20.4 Å². The topological polar surface area (TPSA) is 286 Å². The molecule has 0 aromatic heterocycles. The van der Waals surface area contributed by atoms with Gasteiger partial charge in [-0.25, -0.2) is 0 Å². The Kier molecular flexibility index (Phi) is 32.3. The van der Waals surface area contributed by atoms with E-state index in [9.17, 15) is 57.5 Å². The van der Waals surface area contributed by atoms with Gasteiger partial charge in [0.25, 0.3) is 0 Å². The predicted molar refractivity (Wildman–Crippen MR) is 185 cm³/mol. The Labute approximate surface area is 325 Å². The third kappa shape index (κ3) is 28.2. The van der Waals surface area contributed by atoms with Crippen molar-refractivity contribution in [3.05, 3.63) is 0 Å². The summed E-state index contributed by atoms with van der Waals surface area (Å²) in [6.45, 7) is 18.6. The molecule has 0 radical (unpaired) electrons. The third-order valence-electron chi connectivity index (χ3n) is 7.38. The molecule has 0 aromatic rings. The minimum Gasteiger partial charge on any atom is -0.481 e. The zero-order chi connectivity index (χ0) is 42.4. The average Bonchev–Trinajstić information content (AvgIpc) is 3.03. The Balaban J connectivity index is -0.000000192. The number of Topliss-reactive ketones (excluding diaryl/α,β-unsaturated/α-hetero) is 8. The molecule has 4 unspecified atom stereocenters. The van der Waals surface area contributed by atoms with Crippen molar-refractivity contribution in [3.8, 4) is 0 Å². The van der Waals surface area contributed by atoms with E-state index in [1.807, 2.05) is 0 Å². The Bertz CT molecular complexity index is 1130. The first-order valence-corrected chi connectivity index (χ1v) is 16.6. The molecule has 4 N–H and O–H groups in total. The molecule has 0 aromatic carbocycles. The summed E-state index contributed by atoms with van der Waals surface area (Å²) in [5.41, 5.74) is 0. The first kappa shape index (κ1) is 58.3. The van der Waals surface area contributed by atoms with Crippen molar-refractivity contribution in [1.82, 2.24) is 0 Å². The van der Waals surface area contributed by atoms with E-state index in [2.05, 4.69) is 0 Å². The molecule has 0 heterocycles. The third-order valence-corrected chi connectivity index (χ3v) is 7.38. The van der Waals surface area contributed by atoms with Crippen LogP contribution in [0.5, 0.6) is 0 Å². The second-order valence-corrected chi connectivity index (χ2v) is 13.3. The van der Waals surface area contributed by atoms with Crippen LogP contribution in [0.3, 0.4) is 0 Å². The van der Waals surface area contributed by atoms with E-state index in [0.29, 0.717) is 0 Å². The number of rotatable bonds is 20. The summed E-state index contributed by atoms with van der Waals surface area (Å²) in [6.07, 6.45) is -1.09. The number of carbonyl (C=O) groups is 12. The van der Waals surface area contributed by atoms with Crippen LogP contribution in [0.2, 0.25) is 0 Å². The van der Waals surface area contributed by atoms with Crippen molar-refractivity contribution in [3.63, 3.8) is 0 Å². The van der Waals surface area contributed by atoms with Gasteiger partial charge in [-0.2, -0.15) is 0 Å². The van der Waals surface area contributed by atoms with Crippen LogP contribution < -0.4 is 0 Å². The molecule has 0 bridgehead atoms. The molecule has 0 aliphatic carbocycles. The van der Waals surface area contributed by atoms with Crippen LogP contribution >= 0.6 is 0 Å². The predicted octanol–water partition coefficient (Wildman–Crippen LogP) is 3.56. The van der Waals surface area contributed by atoms with Gasteiger partial charge in [-0.05, 0) is 27.7 Å². The summed E-state index contributed by atoms with van der Waals surface area (Å²) >= 11 is 0. The van der Waals surface area contributed by atoms with Crippen LogP contribution in [0, 0.1) is 47.3 Å². The van der Waals surface area contributed by atoms with Crippen molar-refractivity contribution in [2.75, 3.05) is 0 Å². The molecule has 4 atom stereocenters. The fraction of sp³-hybridized carbons (Fsp3) is 0.667. The first-order chi connectivity index (χ1) is 23.4. The fourth-order valence-electron chi connectivity index (χ4n) is 2.67. The van der Waals surface area contributed by atoms with Gasteiger partial charge in [0.05, 0.1) is 25.7 Å². The summed E-state index contributed by atoms with van der Waals surface area (Å²) in [7, 11) is 0. The summed E-state index contributed by atoms with van der Waals surface area (Å²) in [4.78, 5) is 130. The molecule has 17 heteroatoms. The van der Waals surface area contributed by atoms with E-state index in [0.717, 1.165) is 0 Å². The molecule has 0 fully saturated rings. The first-order valence-electron chi connectivity index (χ1n) is 16.6. The monoisotopic (exact) mass is 792 g/mol. The molecular formula is C36H56O16Ti. The largest absolute Gasteiger partial charge is 0.481 e. The Morgan fingerprint density at radius 3 is 0.472 bits per heavy atom. The van der Waals surface area contributed by atoms with Gasteiger partial charge in [-0.15, -0.1) is 0 Å². The summed E-state index contributed by atoms with van der Waals surface area (Å²) in [5.74, 6) is -12.8. The van der Waals surface area contributed by atoms with Gasteiger partial charge in [-0.3, -0.25) is 57.5 Å². The van der Waals surface area contributed by atoms with Gasteiger partial charge in [-0.1, -0.05) is 55.4 Å². The summed E-state index contributed by atoms with van der Waals surface area (Å²) in [5, 5.41) is 33.9. The van der Waals surface area contributed by atoms with Crippen LogP contribution in [0.15, 0.2) is 0 Å². The zero-order valence-corrected chi connectivity index (χ0v) is 34.2. The average molecular weight is 793 g/mol. The van der Waals surface area contributed by atoms with Crippen molar-refractivity contribution < 1.29 is 99.7 Å². The fourth-order valence-corrected chi connectivity index (χ4v) is 2.67. The Hall–Kier alpha value is -4.05. The second kappa shape index (κ2) is 29.4. The molecule has 0 aliphatic rings. The van der Waals surface area contributed by atoms with Gasteiger partial charge in [0.15, 0.2) is 23.1 Å². The number of carboxylic acids is 4. The molecule has 0 rings (SSSR count). The van der Waals surface area contributed by atoms with Crippen LogP contribution in [0.4, 0.5) is 0 Å². The SMILES string of the molecule is CC(C)C(=O)CC(=O)C(C)C(=O)O.CC(C)C(=O)CC(=O)C(C)C(=O)O.CC(C)C(=O)CC(=O)C(C)C(=O)O.CC(C)C(=O)CC(=O)C(C)C(=O)O.[Ti]. The van der Waals surface area contributed by atoms with Crippen molar-refractivity contribution in [2.24, 2.45) is 47.3 Å². The molecule has 0 aliphatic heterocycles. The van der Waals surface area contributed by atoms with Crippen LogP contribution in [-0.2, 0) is 79.3 Å². The molecule has 0 saturated carbocycles. The van der Waals surface area contributed by atoms with E-state index >= 15 is 0 Å². The zero-order valence-electron chi connectivity index (χ0n) is 32.6. The number of hydrogen-bond donors (Lipinski definition) is 4. The minimum atomic E-state index is -1.18. The maximum Gasteiger partial charge on any atom is 0.313 e. The van der Waals surface area contributed by atoms with Crippen molar-refractivity contribution in [1.29, 1.82) is 0 Å². The maximum atomic E-state index is 11.1. The van der Waals surface area contributed by atoms with E-state index in [1.165, 1.54) is 27.7 Å². The summed E-state index contributed by atoms with van der Waals surface area (Å²) in [6, 6.07) is 0. The summed E-state index contributed by atoms with van der Waals surface area (Å²) < 4.78 is 0. The maximum absolute atomic E-state index is 11.1. The smallest absolute Gasteiger partial charge is 0.313 e. The normalized spacial score (nSPS) is 12.4.